The lowest BCUT2D eigenvalue weighted by Crippen LogP contribution is -2.17. The molecule has 2 N–H and O–H groups in total. The summed E-state index contributed by atoms with van der Waals surface area (Å²) in [6, 6.07) is 5.66. The van der Waals surface area contributed by atoms with Gasteiger partial charge in [0.05, 0.1) is 17.6 Å². The van der Waals surface area contributed by atoms with Gasteiger partial charge in [0.25, 0.3) is 5.91 Å². The molecule has 3 rings (SSSR count). The lowest BCUT2D eigenvalue weighted by Gasteiger charge is -2.04. The average molecular weight is 243 g/mol. The lowest BCUT2D eigenvalue weighted by atomic mass is 10.1. The van der Waals surface area contributed by atoms with Crippen molar-refractivity contribution >= 4 is 5.91 Å². The maximum absolute atomic E-state index is 11.8. The standard InChI is InChI=1S/C12H13N5O/c1-16-6-8-4-10(2-3-11(8)12(16)18)17-7-9(5-13)14-15-17/h2-4,7H,5-6,13H2,1H3. The molecule has 1 aliphatic heterocycles. The molecule has 1 aromatic heterocycles. The summed E-state index contributed by atoms with van der Waals surface area (Å²) >= 11 is 0. The van der Waals surface area contributed by atoms with Crippen molar-refractivity contribution in [2.75, 3.05) is 7.05 Å². The summed E-state index contributed by atoms with van der Waals surface area (Å²) < 4.78 is 1.67. The first-order chi connectivity index (χ1) is 8.69. The summed E-state index contributed by atoms with van der Waals surface area (Å²) in [7, 11) is 1.80. The van der Waals surface area contributed by atoms with E-state index >= 15 is 0 Å². The largest absolute Gasteiger partial charge is 0.337 e. The maximum atomic E-state index is 11.8. The lowest BCUT2D eigenvalue weighted by molar-refractivity contribution is 0.0816. The Morgan fingerprint density at radius 1 is 1.44 bits per heavy atom. The third-order valence-electron chi connectivity index (χ3n) is 3.09. The predicted octanol–water partition coefficient (Wildman–Crippen LogP) is 0.312. The fourth-order valence-electron chi connectivity index (χ4n) is 2.11. The maximum Gasteiger partial charge on any atom is 0.254 e. The van der Waals surface area contributed by atoms with Crippen molar-refractivity contribution in [3.05, 3.63) is 41.2 Å². The van der Waals surface area contributed by atoms with Crippen LogP contribution >= 0.6 is 0 Å². The van der Waals surface area contributed by atoms with E-state index in [2.05, 4.69) is 10.3 Å². The Hall–Kier alpha value is -2.21. The van der Waals surface area contributed by atoms with E-state index in [0.29, 0.717) is 13.1 Å². The van der Waals surface area contributed by atoms with Gasteiger partial charge in [-0.25, -0.2) is 4.68 Å². The highest BCUT2D eigenvalue weighted by molar-refractivity contribution is 5.98. The second-order valence-corrected chi connectivity index (χ2v) is 4.36. The molecule has 2 heterocycles. The number of nitrogens with zero attached hydrogens (tertiary/aromatic N) is 4. The van der Waals surface area contributed by atoms with Crippen LogP contribution in [-0.4, -0.2) is 32.8 Å². The summed E-state index contributed by atoms with van der Waals surface area (Å²) in [5.74, 6) is 0.0674. The highest BCUT2D eigenvalue weighted by Crippen LogP contribution is 2.23. The summed E-state index contributed by atoms with van der Waals surface area (Å²) in [6.45, 7) is 1.01. The summed E-state index contributed by atoms with van der Waals surface area (Å²) in [5, 5.41) is 7.95. The van der Waals surface area contributed by atoms with Crippen LogP contribution in [0.5, 0.6) is 0 Å². The Balaban J connectivity index is 2.01. The summed E-state index contributed by atoms with van der Waals surface area (Å²) in [5.41, 5.74) is 8.92. The number of hydrogen-bond acceptors (Lipinski definition) is 4. The van der Waals surface area contributed by atoms with Crippen LogP contribution in [0.25, 0.3) is 5.69 Å². The molecule has 1 aliphatic rings. The van der Waals surface area contributed by atoms with Gasteiger partial charge >= 0.3 is 0 Å². The minimum Gasteiger partial charge on any atom is -0.337 e. The van der Waals surface area contributed by atoms with Gasteiger partial charge in [-0.1, -0.05) is 5.21 Å². The Morgan fingerprint density at radius 3 is 3.00 bits per heavy atom. The van der Waals surface area contributed by atoms with Gasteiger partial charge in [-0.3, -0.25) is 4.79 Å². The summed E-state index contributed by atoms with van der Waals surface area (Å²) in [4.78, 5) is 13.5. The summed E-state index contributed by atoms with van der Waals surface area (Å²) in [6.07, 6.45) is 1.79. The first kappa shape index (κ1) is 10.9. The van der Waals surface area contributed by atoms with Gasteiger partial charge in [0.2, 0.25) is 0 Å². The molecule has 92 valence electrons. The van der Waals surface area contributed by atoms with Crippen LogP contribution in [0.3, 0.4) is 0 Å². The molecule has 0 saturated carbocycles. The number of amides is 1. The Kier molecular flexibility index (Phi) is 2.38. The van der Waals surface area contributed by atoms with Crippen LogP contribution in [0, 0.1) is 0 Å². The van der Waals surface area contributed by atoms with Crippen molar-refractivity contribution in [3.8, 4) is 5.69 Å². The predicted molar refractivity (Wildman–Crippen MR) is 65.0 cm³/mol. The third-order valence-corrected chi connectivity index (χ3v) is 3.09. The number of carbonyl (C=O) groups excluding carboxylic acids is 1. The number of hydrogen-bond donors (Lipinski definition) is 1. The first-order valence-corrected chi connectivity index (χ1v) is 5.69. The number of nitrogens with two attached hydrogens (primary N) is 1. The van der Waals surface area contributed by atoms with E-state index < -0.39 is 0 Å². The van der Waals surface area contributed by atoms with Gasteiger partial charge in [0, 0.05) is 25.7 Å². The number of carbonyl (C=O) groups is 1. The molecule has 2 aromatic rings. The Morgan fingerprint density at radius 2 is 2.28 bits per heavy atom. The normalized spacial score (nSPS) is 14.1. The molecular weight excluding hydrogens is 230 g/mol. The molecule has 0 aliphatic carbocycles. The zero-order valence-electron chi connectivity index (χ0n) is 10.00. The molecule has 0 radical (unpaired) electrons. The minimum atomic E-state index is 0.0674. The fourth-order valence-corrected chi connectivity index (χ4v) is 2.11. The van der Waals surface area contributed by atoms with Gasteiger partial charge < -0.3 is 10.6 Å². The quantitative estimate of drug-likeness (QED) is 0.823. The van der Waals surface area contributed by atoms with E-state index in [1.54, 1.807) is 22.8 Å². The van der Waals surface area contributed by atoms with Gasteiger partial charge in [0.15, 0.2) is 0 Å². The fraction of sp³-hybridized carbons (Fsp3) is 0.250. The van der Waals surface area contributed by atoms with Gasteiger partial charge in [-0.05, 0) is 23.8 Å². The van der Waals surface area contributed by atoms with E-state index in [-0.39, 0.29) is 5.91 Å². The van der Waals surface area contributed by atoms with Crippen molar-refractivity contribution in [1.29, 1.82) is 0 Å². The molecule has 0 fully saturated rings. The van der Waals surface area contributed by atoms with Crippen molar-refractivity contribution < 1.29 is 4.79 Å². The Bertz CT molecular complexity index is 619. The van der Waals surface area contributed by atoms with Crippen molar-refractivity contribution in [3.63, 3.8) is 0 Å². The van der Waals surface area contributed by atoms with E-state index in [1.165, 1.54) is 0 Å². The van der Waals surface area contributed by atoms with E-state index in [4.69, 9.17) is 5.73 Å². The molecule has 1 amide bonds. The van der Waals surface area contributed by atoms with Crippen molar-refractivity contribution in [2.45, 2.75) is 13.1 Å². The van der Waals surface area contributed by atoms with Crippen molar-refractivity contribution in [1.82, 2.24) is 19.9 Å². The smallest absolute Gasteiger partial charge is 0.254 e. The van der Waals surface area contributed by atoms with Crippen LogP contribution in [0.2, 0.25) is 0 Å². The molecule has 18 heavy (non-hydrogen) atoms. The second kappa shape index (κ2) is 3.92. The molecule has 1 aromatic carbocycles. The van der Waals surface area contributed by atoms with E-state index in [9.17, 15) is 4.79 Å². The number of aromatic nitrogens is 3. The monoisotopic (exact) mass is 243 g/mol. The average Bonchev–Trinajstić information content (AvgIpc) is 2.95. The molecule has 0 spiro atoms. The molecule has 0 saturated heterocycles. The molecule has 0 unspecified atom stereocenters. The first-order valence-electron chi connectivity index (χ1n) is 5.69. The number of benzene rings is 1. The number of fused-ring (bicyclic) bond motifs is 1. The topological polar surface area (TPSA) is 77.0 Å². The van der Waals surface area contributed by atoms with Crippen LogP contribution in [0.1, 0.15) is 21.6 Å². The molecule has 6 nitrogen and oxygen atoms in total. The van der Waals surface area contributed by atoms with E-state index in [1.807, 2.05) is 18.2 Å². The van der Waals surface area contributed by atoms with Crippen LogP contribution in [0.15, 0.2) is 24.4 Å². The zero-order chi connectivity index (χ0) is 12.7. The molecule has 0 bridgehead atoms. The number of rotatable bonds is 2. The SMILES string of the molecule is CN1Cc2cc(-n3cc(CN)nn3)ccc2C1=O. The van der Waals surface area contributed by atoms with Gasteiger partial charge in [-0.15, -0.1) is 5.10 Å². The van der Waals surface area contributed by atoms with Crippen LogP contribution in [-0.2, 0) is 13.1 Å². The molecule has 6 heteroatoms. The highest BCUT2D eigenvalue weighted by atomic mass is 16.2. The molecule has 0 atom stereocenters. The molecular formula is C12H13N5O. The minimum absolute atomic E-state index is 0.0674. The van der Waals surface area contributed by atoms with Crippen LogP contribution < -0.4 is 5.73 Å². The zero-order valence-corrected chi connectivity index (χ0v) is 10.00. The Labute approximate surface area is 104 Å². The van der Waals surface area contributed by atoms with Crippen LogP contribution in [0.4, 0.5) is 0 Å². The van der Waals surface area contributed by atoms with E-state index in [0.717, 1.165) is 22.5 Å². The third kappa shape index (κ3) is 1.58. The van der Waals surface area contributed by atoms with Gasteiger partial charge in [-0.2, -0.15) is 0 Å². The second-order valence-electron chi connectivity index (χ2n) is 4.36. The highest BCUT2D eigenvalue weighted by Gasteiger charge is 2.24. The van der Waals surface area contributed by atoms with Crippen molar-refractivity contribution in [2.24, 2.45) is 5.73 Å². The van der Waals surface area contributed by atoms with Gasteiger partial charge in [0.1, 0.15) is 0 Å².